The van der Waals surface area contributed by atoms with E-state index in [-0.39, 0.29) is 12.2 Å². The van der Waals surface area contributed by atoms with Gasteiger partial charge in [0, 0.05) is 11.9 Å². The van der Waals surface area contributed by atoms with Crippen molar-refractivity contribution in [2.75, 3.05) is 18.1 Å². The summed E-state index contributed by atoms with van der Waals surface area (Å²) in [6.45, 7) is 1.41. The number of fused-ring (bicyclic) bond motifs is 1. The Labute approximate surface area is 155 Å². The number of hydrogen-bond acceptors (Lipinski definition) is 6. The largest absolute Gasteiger partial charge is 0.442 e. The van der Waals surface area contributed by atoms with E-state index in [1.807, 2.05) is 12.1 Å². The summed E-state index contributed by atoms with van der Waals surface area (Å²) < 4.78 is 7.11. The highest BCUT2D eigenvalue weighted by Gasteiger charge is 2.52. The summed E-state index contributed by atoms with van der Waals surface area (Å²) in [5.74, 6) is 1.58. The van der Waals surface area contributed by atoms with Gasteiger partial charge in [0.1, 0.15) is 6.10 Å². The average Bonchev–Trinajstić information content (AvgIpc) is 3.16. The number of anilines is 1. The van der Waals surface area contributed by atoms with Gasteiger partial charge in [-0.2, -0.15) is 0 Å². The number of hydrogen-bond donors (Lipinski definition) is 1. The van der Waals surface area contributed by atoms with Gasteiger partial charge in [0.25, 0.3) is 0 Å². The van der Waals surface area contributed by atoms with Crippen molar-refractivity contribution >= 4 is 17.4 Å². The second-order valence-electron chi connectivity index (χ2n) is 7.39. The monoisotopic (exact) mass is 368 g/mol. The predicted molar refractivity (Wildman–Crippen MR) is 95.7 cm³/mol. The van der Waals surface area contributed by atoms with Crippen molar-refractivity contribution in [1.82, 2.24) is 15.0 Å². The van der Waals surface area contributed by atoms with Crippen LogP contribution in [0.2, 0.25) is 0 Å². The molecule has 1 aromatic heterocycles. The Morgan fingerprint density at radius 2 is 2.15 bits per heavy atom. The van der Waals surface area contributed by atoms with Crippen molar-refractivity contribution in [3.8, 4) is 0 Å². The lowest BCUT2D eigenvalue weighted by Gasteiger charge is -2.14. The summed E-state index contributed by atoms with van der Waals surface area (Å²) in [6, 6.07) is 8.05. The highest BCUT2D eigenvalue weighted by molar-refractivity contribution is 5.90. The molecule has 1 aromatic carbocycles. The molecule has 5 rings (SSSR count). The first-order valence-corrected chi connectivity index (χ1v) is 9.12. The Bertz CT molecular complexity index is 864. The lowest BCUT2D eigenvalue weighted by atomic mass is 10.0. The highest BCUT2D eigenvalue weighted by atomic mass is 17.1. The first-order chi connectivity index (χ1) is 13.2. The zero-order chi connectivity index (χ0) is 18.4. The summed E-state index contributed by atoms with van der Waals surface area (Å²) >= 11 is 0. The number of nitrogens with zero attached hydrogens (tertiary/aromatic N) is 4. The molecule has 1 aliphatic heterocycles. The van der Waals surface area contributed by atoms with Gasteiger partial charge in [-0.15, -0.1) is 5.10 Å². The van der Waals surface area contributed by atoms with Crippen molar-refractivity contribution in [3.05, 3.63) is 48.3 Å². The van der Waals surface area contributed by atoms with Crippen LogP contribution in [0.4, 0.5) is 10.5 Å². The molecular formula is C19H20N4O4. The molecule has 1 N–H and O–H groups in total. The van der Waals surface area contributed by atoms with Gasteiger partial charge in [-0.25, -0.2) is 14.4 Å². The molecule has 2 aliphatic carbocycles. The van der Waals surface area contributed by atoms with E-state index in [1.165, 1.54) is 11.1 Å². The van der Waals surface area contributed by atoms with Crippen LogP contribution in [0.25, 0.3) is 5.57 Å². The van der Waals surface area contributed by atoms with E-state index >= 15 is 0 Å². The normalized spacial score (nSPS) is 28.9. The third-order valence-electron chi connectivity index (χ3n) is 5.80. The van der Waals surface area contributed by atoms with Crippen molar-refractivity contribution in [3.63, 3.8) is 0 Å². The van der Waals surface area contributed by atoms with Gasteiger partial charge in [0.2, 0.25) is 0 Å². The van der Waals surface area contributed by atoms with Crippen LogP contribution in [0.1, 0.15) is 12.0 Å². The number of rotatable bonds is 6. The fraction of sp³-hybridized carbons (Fsp3) is 0.421. The minimum absolute atomic E-state index is 0.241. The number of carbonyl (C=O) groups is 1. The second kappa shape index (κ2) is 6.47. The zero-order valence-corrected chi connectivity index (χ0v) is 14.6. The van der Waals surface area contributed by atoms with E-state index in [0.717, 1.165) is 12.1 Å². The zero-order valence-electron chi connectivity index (χ0n) is 14.6. The molecule has 0 radical (unpaired) electrons. The van der Waals surface area contributed by atoms with Crippen molar-refractivity contribution in [2.45, 2.75) is 19.1 Å². The first kappa shape index (κ1) is 16.5. The van der Waals surface area contributed by atoms with Crippen LogP contribution in [0.5, 0.6) is 0 Å². The number of ether oxygens (including phenoxy) is 1. The molecule has 0 bridgehead atoms. The molecule has 1 amide bonds. The number of cyclic esters (lactones) is 1. The van der Waals surface area contributed by atoms with Crippen LogP contribution in [0.3, 0.4) is 0 Å². The SMILES string of the molecule is O=C1O[C@@H](Cn2ccnn2)CN1c1ccc(C2=C[C@H]3[C@H](COO)[C@H]3C2)cc1. The second-order valence-corrected chi connectivity index (χ2v) is 7.39. The predicted octanol–water partition coefficient (Wildman–Crippen LogP) is 2.44. The van der Waals surface area contributed by atoms with Crippen LogP contribution in [-0.2, 0) is 16.2 Å². The molecule has 8 nitrogen and oxygen atoms in total. The third kappa shape index (κ3) is 3.00. The summed E-state index contributed by atoms with van der Waals surface area (Å²) in [6.07, 6.45) is 6.09. The van der Waals surface area contributed by atoms with Crippen LogP contribution in [0, 0.1) is 17.8 Å². The van der Waals surface area contributed by atoms with E-state index in [1.54, 1.807) is 22.0 Å². The highest BCUT2D eigenvalue weighted by Crippen LogP contribution is 2.58. The van der Waals surface area contributed by atoms with Gasteiger partial charge in [-0.3, -0.25) is 10.2 Å². The molecule has 1 saturated heterocycles. The maximum Gasteiger partial charge on any atom is 0.414 e. The maximum atomic E-state index is 12.2. The summed E-state index contributed by atoms with van der Waals surface area (Å²) in [5.41, 5.74) is 3.35. The molecule has 8 heteroatoms. The summed E-state index contributed by atoms with van der Waals surface area (Å²) in [5, 5.41) is 16.3. The van der Waals surface area contributed by atoms with E-state index in [9.17, 15) is 4.79 Å². The molecular weight excluding hydrogens is 348 g/mol. The minimum atomic E-state index is -0.332. The Morgan fingerprint density at radius 1 is 1.30 bits per heavy atom. The molecule has 2 aromatic rings. The Kier molecular flexibility index (Phi) is 3.95. The quantitative estimate of drug-likeness (QED) is 0.622. The Morgan fingerprint density at radius 3 is 2.81 bits per heavy atom. The lowest BCUT2D eigenvalue weighted by molar-refractivity contribution is -0.246. The maximum absolute atomic E-state index is 12.2. The van der Waals surface area contributed by atoms with Gasteiger partial charge in [-0.1, -0.05) is 23.4 Å². The van der Waals surface area contributed by atoms with E-state index in [2.05, 4.69) is 33.4 Å². The van der Waals surface area contributed by atoms with Gasteiger partial charge in [0.15, 0.2) is 0 Å². The fourth-order valence-corrected chi connectivity index (χ4v) is 4.32. The molecule has 4 atom stereocenters. The molecule has 27 heavy (non-hydrogen) atoms. The van der Waals surface area contributed by atoms with Crippen molar-refractivity contribution in [2.24, 2.45) is 17.8 Å². The number of benzene rings is 1. The van der Waals surface area contributed by atoms with Crippen molar-refractivity contribution in [1.29, 1.82) is 0 Å². The molecule has 0 spiro atoms. The Balaban J connectivity index is 1.24. The van der Waals surface area contributed by atoms with E-state index < -0.39 is 0 Å². The first-order valence-electron chi connectivity index (χ1n) is 9.12. The van der Waals surface area contributed by atoms with Gasteiger partial charge < -0.3 is 4.74 Å². The van der Waals surface area contributed by atoms with Gasteiger partial charge in [-0.05, 0) is 47.4 Å². The smallest absolute Gasteiger partial charge is 0.414 e. The topological polar surface area (TPSA) is 89.7 Å². The third-order valence-corrected chi connectivity index (χ3v) is 5.80. The van der Waals surface area contributed by atoms with Crippen LogP contribution < -0.4 is 4.90 Å². The number of aromatic nitrogens is 3. The average molecular weight is 368 g/mol. The molecule has 0 unspecified atom stereocenters. The lowest BCUT2D eigenvalue weighted by Crippen LogP contribution is -2.26. The van der Waals surface area contributed by atoms with Crippen molar-refractivity contribution < 1.29 is 19.7 Å². The molecule has 2 fully saturated rings. The summed E-state index contributed by atoms with van der Waals surface area (Å²) in [4.78, 5) is 18.1. The Hall–Kier alpha value is -2.71. The van der Waals surface area contributed by atoms with Gasteiger partial charge >= 0.3 is 6.09 Å². The number of allylic oxidation sites excluding steroid dienone is 2. The molecule has 1 saturated carbocycles. The standard InChI is InChI=1S/C19H20N4O4/c24-19-23(10-15(27-19)9-22-6-5-20-21-22)14-3-1-12(2-4-14)13-7-16-17(8-13)18(16)11-26-25/h1-7,15-18,25H,8-11H2/t15-,16+,17-,18-/m0/s1. The number of carbonyl (C=O) groups excluding carboxylic acids is 1. The molecule has 140 valence electrons. The molecule has 2 heterocycles. The van der Waals surface area contributed by atoms with E-state index in [4.69, 9.17) is 9.99 Å². The van der Waals surface area contributed by atoms with E-state index in [0.29, 0.717) is 37.5 Å². The van der Waals surface area contributed by atoms with Gasteiger partial charge in [0.05, 0.1) is 25.9 Å². The summed E-state index contributed by atoms with van der Waals surface area (Å²) in [7, 11) is 0. The van der Waals surface area contributed by atoms with Crippen LogP contribution in [0.15, 0.2) is 42.7 Å². The van der Waals surface area contributed by atoms with Crippen LogP contribution in [-0.4, -0.2) is 45.6 Å². The van der Waals surface area contributed by atoms with Crippen LogP contribution >= 0.6 is 0 Å². The number of amides is 1. The fourth-order valence-electron chi connectivity index (χ4n) is 4.32. The minimum Gasteiger partial charge on any atom is -0.442 e. The molecule has 3 aliphatic rings.